The molecule has 2 heterocycles. The van der Waals surface area contributed by atoms with Gasteiger partial charge in [-0.05, 0) is 73.7 Å². The molecule has 0 aliphatic carbocycles. The first-order valence-corrected chi connectivity index (χ1v) is 14.5. The van der Waals surface area contributed by atoms with Crippen LogP contribution in [0.2, 0.25) is 5.02 Å². The third kappa shape index (κ3) is 7.03. The van der Waals surface area contributed by atoms with Crippen molar-refractivity contribution < 1.29 is 22.4 Å². The molecule has 1 fully saturated rings. The van der Waals surface area contributed by atoms with Crippen LogP contribution in [0.3, 0.4) is 0 Å². The van der Waals surface area contributed by atoms with Crippen LogP contribution in [0.5, 0.6) is 0 Å². The molecule has 1 aromatic heterocycles. The molecule has 0 spiro atoms. The molecule has 0 saturated carbocycles. The Balaban J connectivity index is 1.42. The normalized spacial score (nSPS) is 14.8. The van der Waals surface area contributed by atoms with Crippen LogP contribution in [-0.4, -0.2) is 48.6 Å². The van der Waals surface area contributed by atoms with Crippen molar-refractivity contribution in [3.8, 4) is 0 Å². The van der Waals surface area contributed by atoms with Gasteiger partial charge < -0.3 is 14.6 Å². The molecule has 1 aliphatic heterocycles. The van der Waals surface area contributed by atoms with E-state index in [1.54, 1.807) is 60.4 Å². The lowest BCUT2D eigenvalue weighted by Crippen LogP contribution is -2.47. The number of carbonyl (C=O) groups is 2. The van der Waals surface area contributed by atoms with Crippen molar-refractivity contribution >= 4 is 33.4 Å². The van der Waals surface area contributed by atoms with E-state index in [0.29, 0.717) is 30.3 Å². The van der Waals surface area contributed by atoms with E-state index in [1.807, 2.05) is 12.1 Å². The summed E-state index contributed by atoms with van der Waals surface area (Å²) in [5, 5.41) is 3.41. The van der Waals surface area contributed by atoms with E-state index in [9.17, 15) is 18.0 Å². The summed E-state index contributed by atoms with van der Waals surface area (Å²) in [7, 11) is -3.48. The van der Waals surface area contributed by atoms with E-state index < -0.39 is 16.1 Å². The van der Waals surface area contributed by atoms with Crippen LogP contribution in [0.4, 0.5) is 0 Å². The standard InChI is InChI=1S/C28H32ClN3O5S/c1-21(28(34)30-19-25-5-4-18-37-25)32(20-23-6-11-24(29)12-7-23)27(33)15-10-22-8-13-26(14-9-22)38(35,36)31-16-2-3-17-31/h4-9,11-14,18,21H,2-3,10,15-17,19-20H2,1H3,(H,30,34)/t21-/m1/s1. The summed E-state index contributed by atoms with van der Waals surface area (Å²) in [5.41, 5.74) is 1.70. The van der Waals surface area contributed by atoms with Crippen molar-refractivity contribution in [3.63, 3.8) is 0 Å². The van der Waals surface area contributed by atoms with Gasteiger partial charge in [0.15, 0.2) is 0 Å². The van der Waals surface area contributed by atoms with Crippen LogP contribution in [0.1, 0.15) is 43.1 Å². The smallest absolute Gasteiger partial charge is 0.243 e. The predicted octanol–water partition coefficient (Wildman–Crippen LogP) is 4.38. The van der Waals surface area contributed by atoms with Crippen LogP contribution in [0.25, 0.3) is 0 Å². The summed E-state index contributed by atoms with van der Waals surface area (Å²) < 4.78 is 32.3. The highest BCUT2D eigenvalue weighted by Gasteiger charge is 2.28. The molecule has 202 valence electrons. The van der Waals surface area contributed by atoms with Gasteiger partial charge in [0.05, 0.1) is 17.7 Å². The van der Waals surface area contributed by atoms with Crippen LogP contribution >= 0.6 is 11.6 Å². The van der Waals surface area contributed by atoms with Crippen molar-refractivity contribution in [2.75, 3.05) is 13.1 Å². The van der Waals surface area contributed by atoms with E-state index in [-0.39, 0.29) is 36.2 Å². The number of aryl methyl sites for hydroxylation is 1. The molecule has 1 aliphatic rings. The van der Waals surface area contributed by atoms with Crippen molar-refractivity contribution in [2.24, 2.45) is 0 Å². The Kier molecular flexibility index (Phi) is 9.25. The lowest BCUT2D eigenvalue weighted by atomic mass is 10.1. The molecule has 38 heavy (non-hydrogen) atoms. The second-order valence-corrected chi connectivity index (χ2v) is 11.8. The number of nitrogens with one attached hydrogen (secondary N) is 1. The average molecular weight is 558 g/mol. The van der Waals surface area contributed by atoms with Crippen molar-refractivity contribution in [1.82, 2.24) is 14.5 Å². The van der Waals surface area contributed by atoms with E-state index in [2.05, 4.69) is 5.32 Å². The van der Waals surface area contributed by atoms with E-state index in [1.165, 1.54) is 10.6 Å². The highest BCUT2D eigenvalue weighted by atomic mass is 35.5. The molecular formula is C28H32ClN3O5S. The second kappa shape index (κ2) is 12.6. The van der Waals surface area contributed by atoms with Gasteiger partial charge in [0.2, 0.25) is 21.8 Å². The first kappa shape index (κ1) is 27.9. The number of halogens is 1. The number of benzene rings is 2. The van der Waals surface area contributed by atoms with Gasteiger partial charge in [-0.2, -0.15) is 4.31 Å². The Morgan fingerprint density at radius 1 is 1.03 bits per heavy atom. The van der Waals surface area contributed by atoms with Crippen LogP contribution in [0, 0.1) is 0 Å². The van der Waals surface area contributed by atoms with Gasteiger partial charge in [-0.15, -0.1) is 0 Å². The van der Waals surface area contributed by atoms with Gasteiger partial charge in [-0.3, -0.25) is 9.59 Å². The van der Waals surface area contributed by atoms with Crippen LogP contribution in [-0.2, 0) is 39.1 Å². The third-order valence-corrected chi connectivity index (χ3v) is 8.87. The molecule has 1 N–H and O–H groups in total. The van der Waals surface area contributed by atoms with E-state index >= 15 is 0 Å². The van der Waals surface area contributed by atoms with Gasteiger partial charge in [-0.1, -0.05) is 35.9 Å². The molecule has 0 unspecified atom stereocenters. The highest BCUT2D eigenvalue weighted by Crippen LogP contribution is 2.22. The molecule has 10 heteroatoms. The summed E-state index contributed by atoms with van der Waals surface area (Å²) in [6.45, 7) is 3.28. The van der Waals surface area contributed by atoms with E-state index in [0.717, 1.165) is 24.0 Å². The number of sulfonamides is 1. The highest BCUT2D eigenvalue weighted by molar-refractivity contribution is 7.89. The van der Waals surface area contributed by atoms with Crippen LogP contribution in [0.15, 0.2) is 76.2 Å². The number of furan rings is 1. The minimum Gasteiger partial charge on any atom is -0.467 e. The number of carbonyl (C=O) groups excluding carboxylic acids is 2. The number of amides is 2. The van der Waals surface area contributed by atoms with Gasteiger partial charge in [-0.25, -0.2) is 8.42 Å². The second-order valence-electron chi connectivity index (χ2n) is 9.38. The molecule has 4 rings (SSSR count). The lowest BCUT2D eigenvalue weighted by molar-refractivity contribution is -0.140. The molecular weight excluding hydrogens is 526 g/mol. The maximum atomic E-state index is 13.4. The molecule has 1 atom stereocenters. The topological polar surface area (TPSA) is 99.9 Å². The fraction of sp³-hybridized carbons (Fsp3) is 0.357. The summed E-state index contributed by atoms with van der Waals surface area (Å²) in [6.07, 6.45) is 3.88. The summed E-state index contributed by atoms with van der Waals surface area (Å²) in [4.78, 5) is 28.1. The summed E-state index contributed by atoms with van der Waals surface area (Å²) in [5.74, 6) is 0.144. The predicted molar refractivity (Wildman–Crippen MR) is 145 cm³/mol. The van der Waals surface area contributed by atoms with Crippen molar-refractivity contribution in [2.45, 2.75) is 56.6 Å². The molecule has 0 bridgehead atoms. The number of nitrogens with zero attached hydrogens (tertiary/aromatic N) is 2. The summed E-state index contributed by atoms with van der Waals surface area (Å²) in [6, 6.07) is 16.6. The minimum atomic E-state index is -3.48. The maximum Gasteiger partial charge on any atom is 0.243 e. The largest absolute Gasteiger partial charge is 0.467 e. The first-order chi connectivity index (χ1) is 18.2. The fourth-order valence-electron chi connectivity index (χ4n) is 4.40. The number of hydrogen-bond donors (Lipinski definition) is 1. The molecule has 1 saturated heterocycles. The zero-order valence-electron chi connectivity index (χ0n) is 21.3. The monoisotopic (exact) mass is 557 g/mol. The molecule has 3 aromatic rings. The number of hydrogen-bond acceptors (Lipinski definition) is 5. The van der Waals surface area contributed by atoms with Crippen molar-refractivity contribution in [1.29, 1.82) is 0 Å². The maximum absolute atomic E-state index is 13.4. The Hall–Kier alpha value is -3.14. The number of rotatable bonds is 11. The molecule has 2 aromatic carbocycles. The third-order valence-electron chi connectivity index (χ3n) is 6.70. The van der Waals surface area contributed by atoms with Gasteiger partial charge >= 0.3 is 0 Å². The summed E-state index contributed by atoms with van der Waals surface area (Å²) >= 11 is 6.01. The Bertz CT molecular complexity index is 1320. The SMILES string of the molecule is C[C@H](C(=O)NCc1ccco1)N(Cc1ccc(Cl)cc1)C(=O)CCc1ccc(S(=O)(=O)N2CCCC2)cc1. The average Bonchev–Trinajstić information content (AvgIpc) is 3.65. The fourth-order valence-corrected chi connectivity index (χ4v) is 6.05. The first-order valence-electron chi connectivity index (χ1n) is 12.7. The van der Waals surface area contributed by atoms with Gasteiger partial charge in [0.25, 0.3) is 0 Å². The quantitative estimate of drug-likeness (QED) is 0.377. The van der Waals surface area contributed by atoms with Crippen molar-refractivity contribution in [3.05, 3.63) is 88.8 Å². The minimum absolute atomic E-state index is 0.168. The Morgan fingerprint density at radius 2 is 1.68 bits per heavy atom. The van der Waals surface area contributed by atoms with Crippen LogP contribution < -0.4 is 5.32 Å². The molecule has 8 nitrogen and oxygen atoms in total. The molecule has 0 radical (unpaired) electrons. The Morgan fingerprint density at radius 3 is 2.32 bits per heavy atom. The Labute approximate surface area is 228 Å². The van der Waals surface area contributed by atoms with Gasteiger partial charge in [0, 0.05) is 31.1 Å². The van der Waals surface area contributed by atoms with Gasteiger partial charge in [0.1, 0.15) is 11.8 Å². The lowest BCUT2D eigenvalue weighted by Gasteiger charge is -2.29. The van der Waals surface area contributed by atoms with E-state index in [4.69, 9.17) is 16.0 Å². The zero-order valence-corrected chi connectivity index (χ0v) is 22.9. The zero-order chi connectivity index (χ0) is 27.1. The molecule has 2 amide bonds.